The summed E-state index contributed by atoms with van der Waals surface area (Å²) in [5.41, 5.74) is -0.229. The number of unbranched alkanes of at least 4 members (excludes halogenated alkanes) is 3. The summed E-state index contributed by atoms with van der Waals surface area (Å²) in [6.07, 6.45) is 5.35. The second kappa shape index (κ2) is 17.2. The normalized spacial score (nSPS) is 12.8. The van der Waals surface area contributed by atoms with E-state index < -0.39 is 34.8 Å². The third-order valence-electron chi connectivity index (χ3n) is 7.74. The first-order valence-corrected chi connectivity index (χ1v) is 15.4. The number of carbonyl (C=O) groups is 3. The number of hydrogen-bond donors (Lipinski definition) is 3. The Morgan fingerprint density at radius 2 is 1.48 bits per heavy atom. The number of nitrogens with one attached hydrogen (secondary N) is 2. The fourth-order valence-corrected chi connectivity index (χ4v) is 5.01. The number of ether oxygens (including phenoxy) is 3. The fourth-order valence-electron chi connectivity index (χ4n) is 5.01. The zero-order valence-corrected chi connectivity index (χ0v) is 25.8. The van der Waals surface area contributed by atoms with Crippen LogP contribution >= 0.6 is 0 Å². The standard InChI is InChI=1S/C35H35F2N3O7.K.H/c1-2-45-30-20-25-27(21-31(30)46-18-6-4-3-5-7-32(41)42)38-17-14-28(25)47-29-13-12-24(19-26(29)37)40-34(44)35(15-16-35)33(43)39-23-10-8-22(36)9-11-23;;/h8-14,17,19-21H,2-7,15-16,18H2,1H3,(H,39,43)(H,40,44)(H,41,42);;. The molecule has 10 nitrogen and oxygen atoms in total. The SMILES string of the molecule is CCOc1cc2c(Oc3ccc(NC(=O)C4(C(=O)Nc5ccc(F)cc5)CC4)cc3F)ccnc2cc1OCCCCCCC(=O)O.[KH]. The van der Waals surface area contributed by atoms with E-state index in [1.54, 1.807) is 18.2 Å². The molecule has 2 amide bonds. The first kappa shape index (κ1) is 37.2. The zero-order valence-electron chi connectivity index (χ0n) is 25.8. The van der Waals surface area contributed by atoms with E-state index in [0.717, 1.165) is 25.3 Å². The van der Waals surface area contributed by atoms with Gasteiger partial charge in [-0.2, -0.15) is 0 Å². The summed E-state index contributed by atoms with van der Waals surface area (Å²) in [5, 5.41) is 14.6. The maximum atomic E-state index is 15.3. The van der Waals surface area contributed by atoms with Crippen LogP contribution in [-0.4, -0.2) is 92.5 Å². The second-order valence-corrected chi connectivity index (χ2v) is 11.2. The van der Waals surface area contributed by atoms with Crippen molar-refractivity contribution in [1.29, 1.82) is 0 Å². The molecule has 0 atom stereocenters. The van der Waals surface area contributed by atoms with Crippen molar-refractivity contribution >= 4 is 91.4 Å². The molecule has 1 saturated carbocycles. The van der Waals surface area contributed by atoms with Gasteiger partial charge in [0.05, 0.1) is 18.7 Å². The van der Waals surface area contributed by atoms with Gasteiger partial charge in [0.15, 0.2) is 23.1 Å². The number of carboxylic acid groups (broad SMARTS) is 1. The van der Waals surface area contributed by atoms with E-state index in [1.165, 1.54) is 42.6 Å². The van der Waals surface area contributed by atoms with E-state index in [-0.39, 0.29) is 69.2 Å². The van der Waals surface area contributed by atoms with E-state index >= 15 is 4.39 Å². The Balaban J connectivity index is 0.00000520. The van der Waals surface area contributed by atoms with Gasteiger partial charge < -0.3 is 30.0 Å². The van der Waals surface area contributed by atoms with Gasteiger partial charge in [-0.3, -0.25) is 19.4 Å². The van der Waals surface area contributed by atoms with Crippen LogP contribution in [0.1, 0.15) is 51.9 Å². The van der Waals surface area contributed by atoms with Crippen LogP contribution in [0, 0.1) is 17.0 Å². The van der Waals surface area contributed by atoms with Crippen molar-refractivity contribution in [3.8, 4) is 23.0 Å². The van der Waals surface area contributed by atoms with Crippen molar-refractivity contribution in [2.45, 2.75) is 51.9 Å². The molecule has 0 radical (unpaired) electrons. The number of rotatable bonds is 16. The number of nitrogens with zero attached hydrogens (tertiary/aromatic N) is 1. The third-order valence-corrected chi connectivity index (χ3v) is 7.74. The molecule has 1 aliphatic carbocycles. The van der Waals surface area contributed by atoms with E-state index in [4.69, 9.17) is 19.3 Å². The third kappa shape index (κ3) is 9.50. The Bertz CT molecular complexity index is 1770. The molecule has 48 heavy (non-hydrogen) atoms. The average Bonchev–Trinajstić information content (AvgIpc) is 3.86. The number of anilines is 2. The molecule has 0 aliphatic heterocycles. The molecule has 5 rings (SSSR count). The molecular formula is C35H36F2KN3O7. The van der Waals surface area contributed by atoms with Crippen LogP contribution in [-0.2, 0) is 14.4 Å². The number of aliphatic carboxylic acids is 1. The number of fused-ring (bicyclic) bond motifs is 1. The molecule has 0 saturated heterocycles. The van der Waals surface area contributed by atoms with Gasteiger partial charge in [0.1, 0.15) is 17.0 Å². The number of halogens is 2. The number of hydrogen-bond acceptors (Lipinski definition) is 7. The Morgan fingerprint density at radius 1 is 0.812 bits per heavy atom. The van der Waals surface area contributed by atoms with Crippen molar-refractivity contribution in [3.05, 3.63) is 78.5 Å². The van der Waals surface area contributed by atoms with Crippen LogP contribution < -0.4 is 24.8 Å². The predicted octanol–water partition coefficient (Wildman–Crippen LogP) is 6.83. The molecule has 13 heteroatoms. The number of carbonyl (C=O) groups excluding carboxylic acids is 2. The van der Waals surface area contributed by atoms with Gasteiger partial charge in [-0.25, -0.2) is 8.78 Å². The van der Waals surface area contributed by atoms with Crippen LogP contribution in [0.2, 0.25) is 0 Å². The summed E-state index contributed by atoms with van der Waals surface area (Å²) in [7, 11) is 0. The molecule has 3 N–H and O–H groups in total. The quantitative estimate of drug-likeness (QED) is 0.0663. The van der Waals surface area contributed by atoms with Crippen LogP contribution in [0.5, 0.6) is 23.0 Å². The van der Waals surface area contributed by atoms with Gasteiger partial charge in [0.2, 0.25) is 11.8 Å². The molecule has 0 unspecified atom stereocenters. The Hall–Kier alpha value is -3.62. The fraction of sp³-hybridized carbons (Fsp3) is 0.314. The number of carboxylic acids is 1. The summed E-state index contributed by atoms with van der Waals surface area (Å²) < 4.78 is 46.2. The number of amides is 2. The van der Waals surface area contributed by atoms with Gasteiger partial charge >= 0.3 is 57.4 Å². The summed E-state index contributed by atoms with van der Waals surface area (Å²) >= 11 is 0. The predicted molar refractivity (Wildman–Crippen MR) is 178 cm³/mol. The average molecular weight is 688 g/mol. The minimum absolute atomic E-state index is 0. The van der Waals surface area contributed by atoms with Gasteiger partial charge in [-0.05, 0) is 81.1 Å². The summed E-state index contributed by atoms with van der Waals surface area (Å²) in [5.74, 6) is -1.85. The maximum absolute atomic E-state index is 15.3. The number of benzene rings is 3. The molecule has 0 spiro atoms. The van der Waals surface area contributed by atoms with Gasteiger partial charge in [-0.15, -0.1) is 0 Å². The number of aromatic nitrogens is 1. The van der Waals surface area contributed by atoms with Crippen molar-refractivity contribution in [3.63, 3.8) is 0 Å². The topological polar surface area (TPSA) is 136 Å². The first-order chi connectivity index (χ1) is 22.7. The molecule has 248 valence electrons. The van der Waals surface area contributed by atoms with Crippen LogP contribution in [0.3, 0.4) is 0 Å². The van der Waals surface area contributed by atoms with E-state index in [9.17, 15) is 18.8 Å². The molecule has 1 heterocycles. The minimum atomic E-state index is -1.29. The zero-order chi connectivity index (χ0) is 33.4. The Labute approximate surface area is 319 Å². The van der Waals surface area contributed by atoms with Gasteiger partial charge in [0.25, 0.3) is 0 Å². The molecule has 1 fully saturated rings. The number of pyridine rings is 1. The molecule has 0 bridgehead atoms. The van der Waals surface area contributed by atoms with Gasteiger partial charge in [0, 0.05) is 41.5 Å². The van der Waals surface area contributed by atoms with Crippen molar-refractivity contribution < 1.29 is 42.5 Å². The second-order valence-electron chi connectivity index (χ2n) is 11.2. The van der Waals surface area contributed by atoms with E-state index in [1.807, 2.05) is 6.92 Å². The molecular weight excluding hydrogens is 651 g/mol. The molecule has 1 aliphatic rings. The Kier molecular flexibility index (Phi) is 13.3. The summed E-state index contributed by atoms with van der Waals surface area (Å²) in [4.78, 5) is 41.0. The van der Waals surface area contributed by atoms with Crippen molar-refractivity contribution in [2.75, 3.05) is 23.8 Å². The van der Waals surface area contributed by atoms with Gasteiger partial charge in [-0.1, -0.05) is 12.8 Å². The Morgan fingerprint density at radius 3 is 2.15 bits per heavy atom. The van der Waals surface area contributed by atoms with Crippen LogP contribution in [0.15, 0.2) is 66.9 Å². The molecule has 3 aromatic carbocycles. The molecule has 4 aromatic rings. The van der Waals surface area contributed by atoms with Crippen LogP contribution in [0.4, 0.5) is 20.2 Å². The van der Waals surface area contributed by atoms with Crippen molar-refractivity contribution in [1.82, 2.24) is 4.98 Å². The monoisotopic (exact) mass is 687 g/mol. The molecule has 1 aromatic heterocycles. The summed E-state index contributed by atoms with van der Waals surface area (Å²) in [6, 6.07) is 14.3. The van der Waals surface area contributed by atoms with E-state index in [0.29, 0.717) is 66.3 Å². The van der Waals surface area contributed by atoms with Crippen LogP contribution in [0.25, 0.3) is 10.9 Å². The summed E-state index contributed by atoms with van der Waals surface area (Å²) in [6.45, 7) is 2.64. The van der Waals surface area contributed by atoms with Crippen molar-refractivity contribution in [2.24, 2.45) is 5.41 Å². The first-order valence-electron chi connectivity index (χ1n) is 15.4. The van der Waals surface area contributed by atoms with E-state index in [2.05, 4.69) is 15.6 Å².